The highest BCUT2D eigenvalue weighted by molar-refractivity contribution is 5.93. The Balaban J connectivity index is 1.38. The highest BCUT2D eigenvalue weighted by Gasteiger charge is 2.31. The number of hydrogen-bond acceptors (Lipinski definition) is 4. The summed E-state index contributed by atoms with van der Waals surface area (Å²) in [7, 11) is 0. The van der Waals surface area contributed by atoms with E-state index in [1.165, 1.54) is 35.7 Å². The van der Waals surface area contributed by atoms with Crippen molar-refractivity contribution in [2.75, 3.05) is 26.2 Å². The number of benzene rings is 1. The van der Waals surface area contributed by atoms with E-state index in [9.17, 15) is 14.4 Å². The van der Waals surface area contributed by atoms with Crippen LogP contribution in [0.1, 0.15) is 35.2 Å². The lowest BCUT2D eigenvalue weighted by molar-refractivity contribution is -0.135. The number of aromatic nitrogens is 1. The Morgan fingerprint density at radius 1 is 1.00 bits per heavy atom. The van der Waals surface area contributed by atoms with Gasteiger partial charge in [-0.05, 0) is 31.0 Å². The zero-order valence-electron chi connectivity index (χ0n) is 17.1. The molecule has 1 aromatic carbocycles. The summed E-state index contributed by atoms with van der Waals surface area (Å²) in [6.07, 6.45) is 5.06. The lowest BCUT2D eigenvalue weighted by Crippen LogP contribution is -2.56. The van der Waals surface area contributed by atoms with Gasteiger partial charge in [-0.3, -0.25) is 19.3 Å². The summed E-state index contributed by atoms with van der Waals surface area (Å²) in [4.78, 5) is 41.9. The van der Waals surface area contributed by atoms with E-state index >= 15 is 0 Å². The summed E-state index contributed by atoms with van der Waals surface area (Å²) >= 11 is 0. The first-order valence-electron chi connectivity index (χ1n) is 10.6. The van der Waals surface area contributed by atoms with E-state index < -0.39 is 0 Å². The van der Waals surface area contributed by atoms with E-state index in [1.807, 2.05) is 35.2 Å². The lowest BCUT2D eigenvalue weighted by atomic mass is 9.99. The maximum atomic E-state index is 12.8. The molecule has 3 heterocycles. The van der Waals surface area contributed by atoms with Gasteiger partial charge < -0.3 is 14.8 Å². The molecule has 0 spiro atoms. The number of piperidine rings is 1. The Morgan fingerprint density at radius 2 is 1.83 bits per heavy atom. The molecule has 1 atom stereocenters. The van der Waals surface area contributed by atoms with Crippen LogP contribution in [-0.4, -0.2) is 58.4 Å². The number of fused-ring (bicyclic) bond motifs is 1. The largest absolute Gasteiger partial charge is 0.348 e. The van der Waals surface area contributed by atoms with Gasteiger partial charge in [0.25, 0.3) is 11.5 Å². The molecule has 2 aromatic rings. The third-order valence-corrected chi connectivity index (χ3v) is 6.04. The van der Waals surface area contributed by atoms with Gasteiger partial charge in [0.2, 0.25) is 5.91 Å². The molecular weight excluding hydrogens is 380 g/mol. The molecule has 1 unspecified atom stereocenters. The number of amides is 2. The number of hydrogen-bond donors (Lipinski definition) is 1. The first kappa shape index (κ1) is 20.3. The van der Waals surface area contributed by atoms with Crippen molar-refractivity contribution < 1.29 is 9.59 Å². The molecule has 7 heteroatoms. The third kappa shape index (κ3) is 4.79. The van der Waals surface area contributed by atoms with Crippen molar-refractivity contribution in [2.45, 2.75) is 38.4 Å². The van der Waals surface area contributed by atoms with E-state index in [-0.39, 0.29) is 23.9 Å². The van der Waals surface area contributed by atoms with Crippen molar-refractivity contribution in [3.8, 4) is 0 Å². The molecule has 2 fully saturated rings. The summed E-state index contributed by atoms with van der Waals surface area (Å²) in [5.74, 6) is -0.333. The fraction of sp³-hybridized carbons (Fsp3) is 0.435. The number of pyridine rings is 1. The van der Waals surface area contributed by atoms with Gasteiger partial charge in [-0.15, -0.1) is 0 Å². The minimum absolute atomic E-state index is 0.0364. The maximum absolute atomic E-state index is 12.8. The number of nitrogens with zero attached hydrogens (tertiary/aromatic N) is 3. The van der Waals surface area contributed by atoms with Crippen LogP contribution in [0, 0.1) is 0 Å². The second kappa shape index (κ2) is 9.26. The normalized spacial score (nSPS) is 19.2. The number of rotatable bonds is 5. The highest BCUT2D eigenvalue weighted by atomic mass is 16.2. The summed E-state index contributed by atoms with van der Waals surface area (Å²) in [5, 5.41) is 2.85. The number of carbonyl (C=O) groups excluding carboxylic acids is 2. The molecule has 158 valence electrons. The van der Waals surface area contributed by atoms with E-state index in [0.29, 0.717) is 24.7 Å². The summed E-state index contributed by atoms with van der Waals surface area (Å²) < 4.78 is 1.34. The zero-order chi connectivity index (χ0) is 20.9. The first-order chi connectivity index (χ1) is 14.6. The average molecular weight is 409 g/mol. The number of piperazine rings is 1. The van der Waals surface area contributed by atoms with Crippen molar-refractivity contribution in [1.29, 1.82) is 0 Å². The Hall–Kier alpha value is -2.93. The van der Waals surface area contributed by atoms with Crippen molar-refractivity contribution in [3.63, 3.8) is 0 Å². The van der Waals surface area contributed by atoms with E-state index in [2.05, 4.69) is 10.2 Å². The molecule has 2 aliphatic heterocycles. The van der Waals surface area contributed by atoms with E-state index in [0.717, 1.165) is 31.6 Å². The molecule has 0 saturated carbocycles. The fourth-order valence-electron chi connectivity index (χ4n) is 4.30. The lowest BCUT2D eigenvalue weighted by Gasteiger charge is -2.44. The molecule has 1 aromatic heterocycles. The molecule has 2 saturated heterocycles. The summed E-state index contributed by atoms with van der Waals surface area (Å²) in [5.41, 5.74) is 1.09. The second-order valence-electron chi connectivity index (χ2n) is 8.08. The Kier molecular flexibility index (Phi) is 6.28. The smallest absolute Gasteiger partial charge is 0.253 e. The Bertz CT molecular complexity index is 956. The van der Waals surface area contributed by atoms with Crippen molar-refractivity contribution in [1.82, 2.24) is 19.7 Å². The standard InChI is InChI=1S/C23H28N4O3/c28-21-10-9-19(23(30)24-14-18-6-2-1-3-7-18)15-27(21)17-22(29)26-13-12-25-11-5-4-8-20(25)16-26/h1-3,6-7,9-10,15,20H,4-5,8,11-14,16-17H2,(H,24,30). The molecule has 7 nitrogen and oxygen atoms in total. The maximum Gasteiger partial charge on any atom is 0.253 e. The Morgan fingerprint density at radius 3 is 2.67 bits per heavy atom. The molecule has 30 heavy (non-hydrogen) atoms. The van der Waals surface area contributed by atoms with Crippen LogP contribution in [0.15, 0.2) is 53.5 Å². The SMILES string of the molecule is O=C(NCc1ccccc1)c1ccc(=O)n(CC(=O)N2CCN3CCCCC3C2)c1. The summed E-state index contributed by atoms with van der Waals surface area (Å²) in [6.45, 7) is 3.81. The second-order valence-corrected chi connectivity index (χ2v) is 8.08. The fourth-order valence-corrected chi connectivity index (χ4v) is 4.30. The molecular formula is C23H28N4O3. The minimum Gasteiger partial charge on any atom is -0.348 e. The van der Waals surface area contributed by atoms with Crippen LogP contribution < -0.4 is 10.9 Å². The third-order valence-electron chi connectivity index (χ3n) is 6.04. The molecule has 0 radical (unpaired) electrons. The van der Waals surface area contributed by atoms with Crippen molar-refractivity contribution >= 4 is 11.8 Å². The van der Waals surface area contributed by atoms with Gasteiger partial charge in [-0.1, -0.05) is 36.8 Å². The van der Waals surface area contributed by atoms with Gasteiger partial charge in [0.1, 0.15) is 6.54 Å². The van der Waals surface area contributed by atoms with Crippen LogP contribution in [-0.2, 0) is 17.9 Å². The van der Waals surface area contributed by atoms with Gasteiger partial charge in [-0.2, -0.15) is 0 Å². The monoisotopic (exact) mass is 408 g/mol. The predicted molar refractivity (Wildman–Crippen MR) is 114 cm³/mol. The Labute approximate surface area is 176 Å². The van der Waals surface area contributed by atoms with Gasteiger partial charge in [0.05, 0.1) is 5.56 Å². The number of carbonyl (C=O) groups is 2. The molecule has 2 amide bonds. The quantitative estimate of drug-likeness (QED) is 0.813. The predicted octanol–water partition coefficient (Wildman–Crippen LogP) is 1.47. The van der Waals surface area contributed by atoms with Gasteiger partial charge in [0.15, 0.2) is 0 Å². The molecule has 1 N–H and O–H groups in total. The zero-order valence-corrected chi connectivity index (χ0v) is 17.1. The van der Waals surface area contributed by atoms with Crippen molar-refractivity contribution in [2.24, 2.45) is 0 Å². The van der Waals surface area contributed by atoms with Crippen molar-refractivity contribution in [3.05, 3.63) is 70.1 Å². The topological polar surface area (TPSA) is 74.6 Å². The van der Waals surface area contributed by atoms with E-state index in [4.69, 9.17) is 0 Å². The molecule has 0 bridgehead atoms. The van der Waals surface area contributed by atoms with Gasteiger partial charge >= 0.3 is 0 Å². The van der Waals surface area contributed by atoms with Crippen LogP contribution in [0.3, 0.4) is 0 Å². The van der Waals surface area contributed by atoms with Crippen LogP contribution in [0.25, 0.3) is 0 Å². The first-order valence-corrected chi connectivity index (χ1v) is 10.6. The van der Waals surface area contributed by atoms with Gasteiger partial charge in [-0.25, -0.2) is 0 Å². The van der Waals surface area contributed by atoms with Crippen LogP contribution >= 0.6 is 0 Å². The molecule has 4 rings (SSSR count). The molecule has 0 aliphatic carbocycles. The highest BCUT2D eigenvalue weighted by Crippen LogP contribution is 2.21. The van der Waals surface area contributed by atoms with Crippen LogP contribution in [0.4, 0.5) is 0 Å². The van der Waals surface area contributed by atoms with Gasteiger partial charge in [0, 0.05) is 44.5 Å². The minimum atomic E-state index is -0.278. The average Bonchev–Trinajstić information content (AvgIpc) is 2.79. The summed E-state index contributed by atoms with van der Waals surface area (Å²) in [6, 6.07) is 12.9. The van der Waals surface area contributed by atoms with Crippen LogP contribution in [0.2, 0.25) is 0 Å². The van der Waals surface area contributed by atoms with Crippen LogP contribution in [0.5, 0.6) is 0 Å². The molecule has 2 aliphatic rings. The number of nitrogens with one attached hydrogen (secondary N) is 1. The van der Waals surface area contributed by atoms with E-state index in [1.54, 1.807) is 0 Å².